The van der Waals surface area contributed by atoms with Crippen LogP contribution >= 0.6 is 7.26 Å². The Morgan fingerprint density at radius 3 is 1.19 bits per heavy atom. The Kier molecular flexibility index (Phi) is 7.24. The van der Waals surface area contributed by atoms with Crippen LogP contribution in [-0.4, -0.2) is 10.9 Å². The van der Waals surface area contributed by atoms with Crippen LogP contribution in [0.5, 0.6) is 0 Å². The van der Waals surface area contributed by atoms with Gasteiger partial charge in [0.15, 0.2) is 13.0 Å². The van der Waals surface area contributed by atoms with Crippen molar-refractivity contribution in [2.24, 2.45) is 0 Å². The third-order valence-electron chi connectivity index (χ3n) is 6.30. The average Bonchev–Trinajstić information content (AvgIpc) is 2.99. The number of aliphatic hydroxyl groups is 1. The summed E-state index contributed by atoms with van der Waals surface area (Å²) in [6.07, 6.45) is 0. The molecule has 5 aromatic carbocycles. The molecule has 5 aromatic rings. The zero-order valence-corrected chi connectivity index (χ0v) is 21.1. The van der Waals surface area contributed by atoms with Gasteiger partial charge in [0.05, 0.1) is 0 Å². The lowest BCUT2D eigenvalue weighted by atomic mass is 10.1. The van der Waals surface area contributed by atoms with Gasteiger partial charge in [-0.15, -0.1) is 0 Å². The van der Waals surface area contributed by atoms with E-state index in [1.54, 1.807) is 0 Å². The standard InChI is InChI=1S/C34H25O2P/c35-32(27-16-6-1-7-17-27)26-33(34(36)28-18-8-2-9-19-28)37(29-20-10-3-11-21-29,30-22-12-4-13-23-30)31-24-14-5-15-25-31/h1-25H/p+1. The largest absolute Gasteiger partial charge is 0.501 e. The van der Waals surface area contributed by atoms with E-state index >= 15 is 0 Å². The molecule has 0 aliphatic rings. The molecule has 0 heterocycles. The quantitative estimate of drug-likeness (QED) is 0.0869. The van der Waals surface area contributed by atoms with Crippen molar-refractivity contribution in [3.05, 3.63) is 174 Å². The fourth-order valence-corrected chi connectivity index (χ4v) is 8.82. The second-order valence-electron chi connectivity index (χ2n) is 8.56. The van der Waals surface area contributed by atoms with E-state index in [2.05, 4.69) is 42.1 Å². The van der Waals surface area contributed by atoms with E-state index in [0.717, 1.165) is 15.9 Å². The highest BCUT2D eigenvalue weighted by Gasteiger charge is 2.53. The number of allylic oxidation sites excluding steroid dienone is 1. The summed E-state index contributed by atoms with van der Waals surface area (Å²) in [6, 6.07) is 48.9. The summed E-state index contributed by atoms with van der Waals surface area (Å²) in [4.78, 5) is 14.5. The number of carbonyl (C=O) groups is 1. The van der Waals surface area contributed by atoms with Gasteiger partial charge in [-0.3, -0.25) is 4.79 Å². The van der Waals surface area contributed by atoms with Gasteiger partial charge >= 0.3 is 0 Å². The number of rotatable bonds is 7. The Labute approximate surface area is 218 Å². The molecule has 3 heteroatoms. The molecule has 178 valence electrons. The Morgan fingerprint density at radius 2 is 0.811 bits per heavy atom. The Hall–Kier alpha value is -4.48. The zero-order chi connectivity index (χ0) is 25.5. The van der Waals surface area contributed by atoms with Crippen molar-refractivity contribution in [1.29, 1.82) is 0 Å². The highest BCUT2D eigenvalue weighted by molar-refractivity contribution is 7.99. The molecule has 2 nitrogen and oxygen atoms in total. The third-order valence-corrected chi connectivity index (χ3v) is 10.5. The predicted octanol–water partition coefficient (Wildman–Crippen LogP) is 6.95. The highest BCUT2D eigenvalue weighted by Crippen LogP contribution is 2.63. The van der Waals surface area contributed by atoms with Crippen molar-refractivity contribution in [2.45, 2.75) is 0 Å². The van der Waals surface area contributed by atoms with E-state index in [1.807, 2.05) is 115 Å². The normalized spacial score (nSPS) is 10.8. The molecule has 0 atom stereocenters. The van der Waals surface area contributed by atoms with Crippen molar-refractivity contribution < 1.29 is 9.90 Å². The fraction of sp³-hybridized carbons (Fsp3) is 0. The van der Waals surface area contributed by atoms with Gasteiger partial charge in [0, 0.05) is 11.1 Å². The third kappa shape index (κ3) is 4.82. The molecule has 0 unspecified atom stereocenters. The Balaban J connectivity index is 1.96. The predicted molar refractivity (Wildman–Crippen MR) is 155 cm³/mol. The molecule has 0 aliphatic carbocycles. The number of aliphatic hydroxyl groups excluding tert-OH is 1. The van der Waals surface area contributed by atoms with Crippen LogP contribution in [0, 0.1) is 0 Å². The molecule has 0 saturated carbocycles. The van der Waals surface area contributed by atoms with Gasteiger partial charge < -0.3 is 5.11 Å². The molecule has 0 spiro atoms. The van der Waals surface area contributed by atoms with Crippen molar-refractivity contribution in [3.8, 4) is 0 Å². The molecule has 0 fully saturated rings. The SMILES string of the molecule is O=C(C(=C=C(O)c1ccccc1)[P+](c1ccccc1)(c1ccccc1)c1ccccc1)c1ccccc1. The first kappa shape index (κ1) is 24.2. The fourth-order valence-electron chi connectivity index (χ4n) is 4.59. The summed E-state index contributed by atoms with van der Waals surface area (Å²) in [5, 5.41) is 14.8. The lowest BCUT2D eigenvalue weighted by molar-refractivity contribution is 0.104. The molecule has 0 amide bonds. The van der Waals surface area contributed by atoms with E-state index < -0.39 is 7.26 Å². The summed E-state index contributed by atoms with van der Waals surface area (Å²) in [7, 11) is -2.78. The van der Waals surface area contributed by atoms with Gasteiger partial charge in [0.25, 0.3) is 0 Å². The van der Waals surface area contributed by atoms with Crippen LogP contribution in [0.4, 0.5) is 0 Å². The molecular formula is C34H26O2P+. The number of benzene rings is 5. The average molecular weight is 498 g/mol. The number of hydrogen-bond acceptors (Lipinski definition) is 2. The second kappa shape index (κ2) is 11.1. The minimum atomic E-state index is -2.78. The first-order chi connectivity index (χ1) is 18.2. The number of Topliss-reactive ketones (excluding diaryl/α,β-unsaturated/α-hetero) is 1. The Bertz CT molecular complexity index is 1440. The number of carbonyl (C=O) groups excluding carboxylic acids is 1. The van der Waals surface area contributed by atoms with Crippen molar-refractivity contribution in [2.75, 3.05) is 0 Å². The van der Waals surface area contributed by atoms with Crippen LogP contribution in [-0.2, 0) is 0 Å². The van der Waals surface area contributed by atoms with E-state index in [1.165, 1.54) is 0 Å². The summed E-state index contributed by atoms with van der Waals surface area (Å²) in [5.74, 6) is -0.222. The minimum absolute atomic E-state index is 0.0629. The van der Waals surface area contributed by atoms with Gasteiger partial charge in [0.2, 0.25) is 11.1 Å². The molecule has 0 aliphatic heterocycles. The number of hydrogen-bond donors (Lipinski definition) is 1. The van der Waals surface area contributed by atoms with Crippen LogP contribution in [0.2, 0.25) is 0 Å². The minimum Gasteiger partial charge on any atom is -0.501 e. The maximum absolute atomic E-state index is 14.5. The highest BCUT2D eigenvalue weighted by atomic mass is 31.2. The van der Waals surface area contributed by atoms with E-state index in [4.69, 9.17) is 0 Å². The Morgan fingerprint density at radius 1 is 0.486 bits per heavy atom. The van der Waals surface area contributed by atoms with Crippen molar-refractivity contribution in [3.63, 3.8) is 0 Å². The second-order valence-corrected chi connectivity index (χ2v) is 11.9. The molecule has 0 saturated heterocycles. The van der Waals surface area contributed by atoms with Crippen LogP contribution in [0.15, 0.2) is 163 Å². The van der Waals surface area contributed by atoms with Gasteiger partial charge in [-0.25, -0.2) is 0 Å². The van der Waals surface area contributed by atoms with E-state index in [0.29, 0.717) is 16.4 Å². The lowest BCUT2D eigenvalue weighted by Gasteiger charge is -2.27. The summed E-state index contributed by atoms with van der Waals surface area (Å²) in [5.41, 5.74) is 4.42. The van der Waals surface area contributed by atoms with Crippen LogP contribution in [0.25, 0.3) is 5.76 Å². The molecule has 0 aromatic heterocycles. The molecule has 0 bridgehead atoms. The molecular weight excluding hydrogens is 471 g/mol. The maximum Gasteiger partial charge on any atom is 0.237 e. The zero-order valence-electron chi connectivity index (χ0n) is 20.2. The first-order valence-electron chi connectivity index (χ1n) is 12.1. The molecule has 5 rings (SSSR count). The van der Waals surface area contributed by atoms with E-state index in [-0.39, 0.29) is 11.5 Å². The topological polar surface area (TPSA) is 37.3 Å². The van der Waals surface area contributed by atoms with Crippen molar-refractivity contribution >= 4 is 34.7 Å². The summed E-state index contributed by atoms with van der Waals surface area (Å²) >= 11 is 0. The van der Waals surface area contributed by atoms with Gasteiger partial charge in [-0.2, -0.15) is 0 Å². The molecule has 1 N–H and O–H groups in total. The molecule has 0 radical (unpaired) electrons. The lowest BCUT2D eigenvalue weighted by Crippen LogP contribution is -2.34. The monoisotopic (exact) mass is 497 g/mol. The van der Waals surface area contributed by atoms with E-state index in [9.17, 15) is 9.90 Å². The maximum atomic E-state index is 14.5. The van der Waals surface area contributed by atoms with Gasteiger partial charge in [-0.05, 0) is 42.1 Å². The van der Waals surface area contributed by atoms with Crippen LogP contribution in [0.1, 0.15) is 15.9 Å². The number of ketones is 1. The smallest absolute Gasteiger partial charge is 0.237 e. The van der Waals surface area contributed by atoms with Gasteiger partial charge in [0.1, 0.15) is 15.9 Å². The first-order valence-corrected chi connectivity index (χ1v) is 13.9. The molecule has 37 heavy (non-hydrogen) atoms. The van der Waals surface area contributed by atoms with Crippen LogP contribution < -0.4 is 15.9 Å². The van der Waals surface area contributed by atoms with Gasteiger partial charge in [-0.1, -0.05) is 115 Å². The summed E-state index contributed by atoms with van der Waals surface area (Å²) in [6.45, 7) is 0. The summed E-state index contributed by atoms with van der Waals surface area (Å²) < 4.78 is 0. The van der Waals surface area contributed by atoms with Crippen LogP contribution in [0.3, 0.4) is 0 Å². The van der Waals surface area contributed by atoms with Crippen molar-refractivity contribution in [1.82, 2.24) is 0 Å².